The van der Waals surface area contributed by atoms with Crippen LogP contribution in [0.4, 0.5) is 0 Å². The Morgan fingerprint density at radius 1 is 1.04 bits per heavy atom. The van der Waals surface area contributed by atoms with Crippen LogP contribution in [0.25, 0.3) is 0 Å². The fourth-order valence-electron chi connectivity index (χ4n) is 4.92. The molecule has 4 rings (SSSR count). The van der Waals surface area contributed by atoms with Crippen LogP contribution < -0.4 is 0 Å². The van der Waals surface area contributed by atoms with Gasteiger partial charge < -0.3 is 4.90 Å². The van der Waals surface area contributed by atoms with E-state index in [1.165, 1.54) is 54.5 Å². The van der Waals surface area contributed by atoms with E-state index in [0.29, 0.717) is 11.3 Å². The molecule has 0 N–H and O–H groups in total. The van der Waals surface area contributed by atoms with E-state index in [2.05, 4.69) is 52.7 Å². The van der Waals surface area contributed by atoms with Crippen molar-refractivity contribution in [1.82, 2.24) is 9.80 Å². The molecule has 0 aromatic heterocycles. The molecule has 142 valence electrons. The van der Waals surface area contributed by atoms with Gasteiger partial charge in [-0.15, -0.1) is 0 Å². The number of likely N-dealkylation sites (N-methyl/N-ethyl adjacent to an activating group) is 1. The van der Waals surface area contributed by atoms with Crippen LogP contribution in [0.3, 0.4) is 0 Å². The lowest BCUT2D eigenvalue weighted by molar-refractivity contribution is -0.139. The minimum Gasteiger partial charge on any atom is -0.345 e. The van der Waals surface area contributed by atoms with Crippen LogP contribution in [-0.4, -0.2) is 71.4 Å². The number of hydrogen-bond acceptors (Lipinski definition) is 4. The minimum atomic E-state index is 0.0468. The van der Waals surface area contributed by atoms with Gasteiger partial charge in [0.1, 0.15) is 0 Å². The average Bonchev–Trinajstić information content (AvgIpc) is 2.96. The number of carbonyl (C=O) groups excluding carboxylic acids is 1. The number of carbonyl (C=O) groups is 1. The molecule has 0 aliphatic carbocycles. The van der Waals surface area contributed by atoms with Crippen LogP contribution in [0.2, 0.25) is 0 Å². The molecule has 1 atom stereocenters. The fourth-order valence-corrected chi connectivity index (χ4v) is 7.55. The summed E-state index contributed by atoms with van der Waals surface area (Å²) in [4.78, 5) is 17.6. The SMILES string of the molecule is CN1CC2(CCN(C3CSCCSC3)CC2)C[C@H](c2ccccc2)C1=O. The Labute approximate surface area is 166 Å². The van der Waals surface area contributed by atoms with E-state index in [1.807, 2.05) is 18.0 Å². The second-order valence-electron chi connectivity index (χ2n) is 8.20. The lowest BCUT2D eigenvalue weighted by Crippen LogP contribution is -2.54. The van der Waals surface area contributed by atoms with E-state index in [4.69, 9.17) is 0 Å². The highest BCUT2D eigenvalue weighted by atomic mass is 32.2. The summed E-state index contributed by atoms with van der Waals surface area (Å²) in [7, 11) is 2.00. The quantitative estimate of drug-likeness (QED) is 0.770. The number of nitrogens with zero attached hydrogens (tertiary/aromatic N) is 2. The molecular weight excluding hydrogens is 360 g/mol. The zero-order chi connectivity index (χ0) is 18.0. The molecule has 26 heavy (non-hydrogen) atoms. The van der Waals surface area contributed by atoms with E-state index in [0.717, 1.165) is 19.0 Å². The molecule has 3 heterocycles. The number of thioether (sulfide) groups is 2. The van der Waals surface area contributed by atoms with E-state index < -0.39 is 0 Å². The third-order valence-electron chi connectivity index (χ3n) is 6.45. The number of hydrogen-bond donors (Lipinski definition) is 0. The van der Waals surface area contributed by atoms with Gasteiger partial charge in [0, 0.05) is 42.6 Å². The zero-order valence-electron chi connectivity index (χ0n) is 15.7. The molecule has 0 bridgehead atoms. The Morgan fingerprint density at radius 3 is 2.35 bits per heavy atom. The number of rotatable bonds is 2. The van der Waals surface area contributed by atoms with Gasteiger partial charge in [0.25, 0.3) is 0 Å². The largest absolute Gasteiger partial charge is 0.345 e. The first-order valence-electron chi connectivity index (χ1n) is 9.86. The normalized spacial score (nSPS) is 28.3. The van der Waals surface area contributed by atoms with Gasteiger partial charge in [0.15, 0.2) is 0 Å². The van der Waals surface area contributed by atoms with Crippen molar-refractivity contribution in [1.29, 1.82) is 0 Å². The highest BCUT2D eigenvalue weighted by Gasteiger charge is 2.45. The van der Waals surface area contributed by atoms with Gasteiger partial charge in [-0.05, 0) is 43.3 Å². The molecule has 5 heteroatoms. The number of piperidine rings is 2. The molecule has 1 aromatic carbocycles. The lowest BCUT2D eigenvalue weighted by Gasteiger charge is -2.50. The van der Waals surface area contributed by atoms with Crippen molar-refractivity contribution >= 4 is 29.4 Å². The summed E-state index contributed by atoms with van der Waals surface area (Å²) in [6, 6.07) is 11.2. The smallest absolute Gasteiger partial charge is 0.229 e. The standard InChI is InChI=1S/C21H30N2OS2/c1-22-16-21(13-19(20(22)24)17-5-3-2-4-6-17)7-9-23(10-8-21)18-14-25-11-12-26-15-18/h2-6,18-19H,7-16H2,1H3/t19-/m1/s1. The maximum Gasteiger partial charge on any atom is 0.229 e. The highest BCUT2D eigenvalue weighted by Crippen LogP contribution is 2.45. The van der Waals surface area contributed by atoms with Crippen LogP contribution in [0.5, 0.6) is 0 Å². The topological polar surface area (TPSA) is 23.6 Å². The van der Waals surface area contributed by atoms with E-state index >= 15 is 0 Å². The summed E-state index contributed by atoms with van der Waals surface area (Å²) in [5.74, 6) is 5.57. The molecule has 0 radical (unpaired) electrons. The predicted molar refractivity (Wildman–Crippen MR) is 113 cm³/mol. The first-order chi connectivity index (χ1) is 12.7. The molecule has 1 amide bonds. The second-order valence-corrected chi connectivity index (χ2v) is 10.5. The van der Waals surface area contributed by atoms with Crippen molar-refractivity contribution in [2.24, 2.45) is 5.41 Å². The summed E-state index contributed by atoms with van der Waals surface area (Å²) in [6.07, 6.45) is 3.50. The molecule has 0 unspecified atom stereocenters. The van der Waals surface area contributed by atoms with Crippen LogP contribution in [0, 0.1) is 5.41 Å². The Kier molecular flexibility index (Phi) is 5.87. The zero-order valence-corrected chi connectivity index (χ0v) is 17.4. The monoisotopic (exact) mass is 390 g/mol. The van der Waals surface area contributed by atoms with Crippen molar-refractivity contribution in [3.05, 3.63) is 35.9 Å². The van der Waals surface area contributed by atoms with Crippen molar-refractivity contribution < 1.29 is 4.79 Å². The maximum atomic E-state index is 12.8. The predicted octanol–water partition coefficient (Wildman–Crippen LogP) is 3.56. The second kappa shape index (κ2) is 8.15. The minimum absolute atomic E-state index is 0.0468. The molecule has 1 aromatic rings. The van der Waals surface area contributed by atoms with Crippen LogP contribution >= 0.6 is 23.5 Å². The Morgan fingerprint density at radius 2 is 1.69 bits per heavy atom. The summed E-state index contributed by atoms with van der Waals surface area (Å²) in [6.45, 7) is 3.35. The van der Waals surface area contributed by atoms with Gasteiger partial charge in [0.2, 0.25) is 5.91 Å². The summed E-state index contributed by atoms with van der Waals surface area (Å²) >= 11 is 4.26. The molecule has 3 nitrogen and oxygen atoms in total. The summed E-state index contributed by atoms with van der Waals surface area (Å²) in [5.41, 5.74) is 1.51. The van der Waals surface area contributed by atoms with Gasteiger partial charge in [-0.1, -0.05) is 30.3 Å². The molecule has 3 fully saturated rings. The van der Waals surface area contributed by atoms with Crippen molar-refractivity contribution in [2.75, 3.05) is 49.7 Å². The number of benzene rings is 1. The van der Waals surface area contributed by atoms with Gasteiger partial charge in [-0.2, -0.15) is 23.5 Å². The third kappa shape index (κ3) is 3.95. The van der Waals surface area contributed by atoms with Crippen molar-refractivity contribution in [3.8, 4) is 0 Å². The number of amides is 1. The van der Waals surface area contributed by atoms with Crippen molar-refractivity contribution in [3.63, 3.8) is 0 Å². The van der Waals surface area contributed by atoms with Gasteiger partial charge in [-0.25, -0.2) is 0 Å². The molecular formula is C21H30N2OS2. The Hall–Kier alpha value is -0.650. The third-order valence-corrected chi connectivity index (χ3v) is 8.94. The van der Waals surface area contributed by atoms with Gasteiger partial charge in [0.05, 0.1) is 5.92 Å². The van der Waals surface area contributed by atoms with Gasteiger partial charge in [-0.3, -0.25) is 9.69 Å². The number of likely N-dealkylation sites (tertiary alicyclic amines) is 2. The summed E-state index contributed by atoms with van der Waals surface area (Å²) in [5, 5.41) is 0. The first kappa shape index (κ1) is 18.7. The lowest BCUT2D eigenvalue weighted by atomic mass is 9.67. The molecule has 3 aliphatic rings. The van der Waals surface area contributed by atoms with E-state index in [9.17, 15) is 4.79 Å². The molecule has 3 aliphatic heterocycles. The van der Waals surface area contributed by atoms with Gasteiger partial charge >= 0.3 is 0 Å². The fraction of sp³-hybridized carbons (Fsp3) is 0.667. The molecule has 3 saturated heterocycles. The van der Waals surface area contributed by atoms with Crippen molar-refractivity contribution in [2.45, 2.75) is 31.2 Å². The Balaban J connectivity index is 1.44. The van der Waals surface area contributed by atoms with Crippen LogP contribution in [0.1, 0.15) is 30.7 Å². The average molecular weight is 391 g/mol. The van der Waals surface area contributed by atoms with Crippen LogP contribution in [0.15, 0.2) is 30.3 Å². The molecule has 0 saturated carbocycles. The summed E-state index contributed by atoms with van der Waals surface area (Å²) < 4.78 is 0. The van der Waals surface area contributed by atoms with Crippen LogP contribution in [-0.2, 0) is 4.79 Å². The molecule has 1 spiro atoms. The van der Waals surface area contributed by atoms with E-state index in [1.54, 1.807) is 0 Å². The highest BCUT2D eigenvalue weighted by molar-refractivity contribution is 8.03. The Bertz CT molecular complexity index is 608. The van der Waals surface area contributed by atoms with E-state index in [-0.39, 0.29) is 5.92 Å². The maximum absolute atomic E-state index is 12.8. The first-order valence-corrected chi connectivity index (χ1v) is 12.2.